The van der Waals surface area contributed by atoms with Gasteiger partial charge in [-0.05, 0) is 45.6 Å². The zero-order chi connectivity index (χ0) is 10.1. The lowest BCUT2D eigenvalue weighted by molar-refractivity contribution is -0.122. The molecule has 0 spiro atoms. The Kier molecular flexibility index (Phi) is 2.77. The minimum Gasteiger partial charge on any atom is -0.352 e. The predicted molar refractivity (Wildman–Crippen MR) is 56.0 cm³/mol. The number of likely N-dealkylation sites (N-methyl/N-ethyl adjacent to an activating group) is 1. The van der Waals surface area contributed by atoms with Crippen LogP contribution in [0.25, 0.3) is 0 Å². The maximum absolute atomic E-state index is 11.5. The molecule has 3 nitrogen and oxygen atoms in total. The van der Waals surface area contributed by atoms with Crippen molar-refractivity contribution in [2.45, 2.75) is 44.7 Å². The number of carbonyl (C=O) groups excluding carboxylic acids is 1. The van der Waals surface area contributed by atoms with Gasteiger partial charge in [-0.3, -0.25) is 9.69 Å². The summed E-state index contributed by atoms with van der Waals surface area (Å²) in [5.74, 6) is 1.04. The standard InChI is InChI=1S/C11H20N2O/c1-8(9-3-4-9)13(2)7-11(14)12-10-5-6-10/h8-10H,3-7H2,1-2H3,(H,12,14)/t8-/m1/s1. The van der Waals surface area contributed by atoms with Gasteiger partial charge in [-0.2, -0.15) is 0 Å². The van der Waals surface area contributed by atoms with Gasteiger partial charge < -0.3 is 5.32 Å². The van der Waals surface area contributed by atoms with Crippen LogP contribution in [0.4, 0.5) is 0 Å². The first-order valence-electron chi connectivity index (χ1n) is 5.66. The van der Waals surface area contributed by atoms with E-state index in [9.17, 15) is 4.79 Å². The Labute approximate surface area is 85.8 Å². The Bertz CT molecular complexity index is 221. The first-order chi connectivity index (χ1) is 6.66. The molecule has 0 unspecified atom stereocenters. The topological polar surface area (TPSA) is 32.3 Å². The first-order valence-corrected chi connectivity index (χ1v) is 5.66. The number of hydrogen-bond acceptors (Lipinski definition) is 2. The van der Waals surface area contributed by atoms with Crippen molar-refractivity contribution in [3.63, 3.8) is 0 Å². The fourth-order valence-corrected chi connectivity index (χ4v) is 1.81. The molecule has 14 heavy (non-hydrogen) atoms. The van der Waals surface area contributed by atoms with E-state index in [1.54, 1.807) is 0 Å². The normalized spacial score (nSPS) is 23.6. The minimum absolute atomic E-state index is 0.197. The zero-order valence-electron chi connectivity index (χ0n) is 9.12. The number of rotatable bonds is 5. The van der Waals surface area contributed by atoms with E-state index < -0.39 is 0 Å². The molecule has 0 aliphatic heterocycles. The van der Waals surface area contributed by atoms with E-state index in [1.807, 2.05) is 0 Å². The summed E-state index contributed by atoms with van der Waals surface area (Å²) in [6.45, 7) is 2.79. The highest BCUT2D eigenvalue weighted by Gasteiger charge is 2.31. The van der Waals surface area contributed by atoms with Gasteiger partial charge >= 0.3 is 0 Å². The van der Waals surface area contributed by atoms with E-state index in [2.05, 4.69) is 24.2 Å². The molecule has 0 aromatic heterocycles. The average Bonchev–Trinajstić information content (AvgIpc) is 2.96. The summed E-state index contributed by atoms with van der Waals surface area (Å²) in [4.78, 5) is 13.7. The van der Waals surface area contributed by atoms with E-state index in [1.165, 1.54) is 25.7 Å². The van der Waals surface area contributed by atoms with Crippen LogP contribution < -0.4 is 5.32 Å². The lowest BCUT2D eigenvalue weighted by Crippen LogP contribution is -2.40. The van der Waals surface area contributed by atoms with E-state index in [4.69, 9.17) is 0 Å². The van der Waals surface area contributed by atoms with Crippen LogP contribution in [0.5, 0.6) is 0 Å². The third kappa shape index (κ3) is 2.71. The molecule has 2 saturated carbocycles. The Morgan fingerprint density at radius 3 is 2.57 bits per heavy atom. The van der Waals surface area contributed by atoms with Crippen molar-refractivity contribution < 1.29 is 4.79 Å². The predicted octanol–water partition coefficient (Wildman–Crippen LogP) is 0.995. The van der Waals surface area contributed by atoms with Gasteiger partial charge in [-0.15, -0.1) is 0 Å². The largest absolute Gasteiger partial charge is 0.352 e. The summed E-state index contributed by atoms with van der Waals surface area (Å²) in [6.07, 6.45) is 5.03. The minimum atomic E-state index is 0.197. The third-order valence-electron chi connectivity index (χ3n) is 3.33. The Hall–Kier alpha value is -0.570. The SMILES string of the molecule is C[C@H](C1CC1)N(C)CC(=O)NC1CC1. The Balaban J connectivity index is 1.68. The molecule has 2 rings (SSSR count). The van der Waals surface area contributed by atoms with Crippen molar-refractivity contribution in [1.29, 1.82) is 0 Å². The Morgan fingerprint density at radius 1 is 1.43 bits per heavy atom. The Morgan fingerprint density at radius 2 is 2.07 bits per heavy atom. The van der Waals surface area contributed by atoms with Crippen LogP contribution in [0.3, 0.4) is 0 Å². The fraction of sp³-hybridized carbons (Fsp3) is 0.909. The molecule has 0 heterocycles. The molecule has 1 atom stereocenters. The second kappa shape index (κ2) is 3.89. The molecule has 0 aromatic rings. The van der Waals surface area contributed by atoms with Crippen LogP contribution in [0.15, 0.2) is 0 Å². The number of hydrogen-bond donors (Lipinski definition) is 1. The van der Waals surface area contributed by atoms with Crippen molar-refractivity contribution in [2.75, 3.05) is 13.6 Å². The highest BCUT2D eigenvalue weighted by atomic mass is 16.2. The number of nitrogens with one attached hydrogen (secondary N) is 1. The van der Waals surface area contributed by atoms with Gasteiger partial charge in [0.2, 0.25) is 5.91 Å². The van der Waals surface area contributed by atoms with Gasteiger partial charge in [0.25, 0.3) is 0 Å². The summed E-state index contributed by atoms with van der Waals surface area (Å²) >= 11 is 0. The van der Waals surface area contributed by atoms with Crippen molar-refractivity contribution >= 4 is 5.91 Å². The van der Waals surface area contributed by atoms with E-state index in [0.29, 0.717) is 18.6 Å². The van der Waals surface area contributed by atoms with Gasteiger partial charge in [-0.1, -0.05) is 0 Å². The maximum atomic E-state index is 11.5. The highest BCUT2D eigenvalue weighted by Crippen LogP contribution is 2.34. The van der Waals surface area contributed by atoms with Crippen LogP contribution in [0, 0.1) is 5.92 Å². The molecular weight excluding hydrogens is 176 g/mol. The fourth-order valence-electron chi connectivity index (χ4n) is 1.81. The van der Waals surface area contributed by atoms with Crippen LogP contribution in [0.2, 0.25) is 0 Å². The molecule has 2 aliphatic carbocycles. The van der Waals surface area contributed by atoms with Crippen LogP contribution in [-0.4, -0.2) is 36.5 Å². The molecule has 3 heteroatoms. The lowest BCUT2D eigenvalue weighted by Gasteiger charge is -2.23. The van der Waals surface area contributed by atoms with Crippen LogP contribution >= 0.6 is 0 Å². The quantitative estimate of drug-likeness (QED) is 0.711. The molecule has 0 saturated heterocycles. The molecular formula is C11H20N2O. The third-order valence-corrected chi connectivity index (χ3v) is 3.33. The van der Waals surface area contributed by atoms with Crippen LogP contribution in [0.1, 0.15) is 32.6 Å². The molecule has 0 aromatic carbocycles. The molecule has 1 N–H and O–H groups in total. The number of nitrogens with zero attached hydrogens (tertiary/aromatic N) is 1. The number of amides is 1. The molecule has 2 fully saturated rings. The lowest BCUT2D eigenvalue weighted by atomic mass is 10.2. The molecule has 0 bridgehead atoms. The summed E-state index contributed by atoms with van der Waals surface area (Å²) in [7, 11) is 2.05. The van der Waals surface area contributed by atoms with E-state index in [-0.39, 0.29) is 5.91 Å². The van der Waals surface area contributed by atoms with Crippen molar-refractivity contribution in [3.05, 3.63) is 0 Å². The van der Waals surface area contributed by atoms with Gasteiger partial charge in [0, 0.05) is 12.1 Å². The monoisotopic (exact) mass is 196 g/mol. The van der Waals surface area contributed by atoms with Gasteiger partial charge in [0.05, 0.1) is 6.54 Å². The van der Waals surface area contributed by atoms with E-state index in [0.717, 1.165) is 5.92 Å². The van der Waals surface area contributed by atoms with Gasteiger partial charge in [-0.25, -0.2) is 0 Å². The second-order valence-corrected chi connectivity index (χ2v) is 4.83. The highest BCUT2D eigenvalue weighted by molar-refractivity contribution is 5.78. The van der Waals surface area contributed by atoms with E-state index >= 15 is 0 Å². The average molecular weight is 196 g/mol. The number of carbonyl (C=O) groups is 1. The summed E-state index contributed by atoms with van der Waals surface area (Å²) in [5, 5.41) is 3.02. The van der Waals surface area contributed by atoms with Crippen LogP contribution in [-0.2, 0) is 4.79 Å². The summed E-state index contributed by atoms with van der Waals surface area (Å²) in [5.41, 5.74) is 0. The van der Waals surface area contributed by atoms with Gasteiger partial charge in [0.1, 0.15) is 0 Å². The van der Waals surface area contributed by atoms with Crippen molar-refractivity contribution in [2.24, 2.45) is 5.92 Å². The molecule has 80 valence electrons. The zero-order valence-corrected chi connectivity index (χ0v) is 9.12. The van der Waals surface area contributed by atoms with Crippen molar-refractivity contribution in [1.82, 2.24) is 10.2 Å². The maximum Gasteiger partial charge on any atom is 0.234 e. The molecule has 1 amide bonds. The summed E-state index contributed by atoms with van der Waals surface area (Å²) < 4.78 is 0. The molecule has 2 aliphatic rings. The first kappa shape index (κ1) is 9.97. The summed E-state index contributed by atoms with van der Waals surface area (Å²) in [6, 6.07) is 1.06. The van der Waals surface area contributed by atoms with Crippen molar-refractivity contribution in [3.8, 4) is 0 Å². The second-order valence-electron chi connectivity index (χ2n) is 4.83. The molecule has 0 radical (unpaired) electrons. The smallest absolute Gasteiger partial charge is 0.234 e. The van der Waals surface area contributed by atoms with Gasteiger partial charge in [0.15, 0.2) is 0 Å².